The van der Waals surface area contributed by atoms with E-state index in [1.807, 2.05) is 12.3 Å². The summed E-state index contributed by atoms with van der Waals surface area (Å²) >= 11 is 0. The van der Waals surface area contributed by atoms with E-state index >= 15 is 0 Å². The van der Waals surface area contributed by atoms with Gasteiger partial charge >= 0.3 is 0 Å². The van der Waals surface area contributed by atoms with E-state index in [-0.39, 0.29) is 0 Å². The zero-order valence-corrected chi connectivity index (χ0v) is 12.6. The van der Waals surface area contributed by atoms with Crippen LogP contribution in [0.2, 0.25) is 0 Å². The highest BCUT2D eigenvalue weighted by atomic mass is 15.1. The molecule has 1 heterocycles. The molecule has 106 valence electrons. The molecular formula is C17H23N3. The van der Waals surface area contributed by atoms with Crippen LogP contribution in [-0.4, -0.2) is 18.6 Å². The lowest BCUT2D eigenvalue weighted by atomic mass is 10.2. The van der Waals surface area contributed by atoms with Crippen molar-refractivity contribution in [3.63, 3.8) is 0 Å². The number of anilines is 2. The minimum Gasteiger partial charge on any atom is -0.345 e. The van der Waals surface area contributed by atoms with Gasteiger partial charge in [-0.25, -0.2) is 0 Å². The predicted molar refractivity (Wildman–Crippen MR) is 85.5 cm³/mol. The minimum atomic E-state index is 0.823. The van der Waals surface area contributed by atoms with Gasteiger partial charge in [-0.2, -0.15) is 0 Å². The Balaban J connectivity index is 2.11. The number of hydrogen-bond acceptors (Lipinski definition) is 3. The number of aromatic nitrogens is 1. The van der Waals surface area contributed by atoms with E-state index < -0.39 is 0 Å². The summed E-state index contributed by atoms with van der Waals surface area (Å²) in [4.78, 5) is 6.60. The largest absolute Gasteiger partial charge is 0.345 e. The molecule has 2 rings (SSSR count). The Morgan fingerprint density at radius 2 is 1.85 bits per heavy atom. The van der Waals surface area contributed by atoms with E-state index in [0.29, 0.717) is 0 Å². The molecule has 0 aliphatic rings. The summed E-state index contributed by atoms with van der Waals surface area (Å²) in [6.07, 6.45) is 3.02. The van der Waals surface area contributed by atoms with Gasteiger partial charge < -0.3 is 10.2 Å². The number of nitrogens with one attached hydrogen (secondary N) is 1. The quantitative estimate of drug-likeness (QED) is 0.811. The molecule has 0 bridgehead atoms. The van der Waals surface area contributed by atoms with Crippen LogP contribution in [0.4, 0.5) is 11.4 Å². The van der Waals surface area contributed by atoms with Crippen LogP contribution in [0, 0.1) is 6.92 Å². The summed E-state index contributed by atoms with van der Waals surface area (Å²) in [5.41, 5.74) is 4.71. The topological polar surface area (TPSA) is 28.2 Å². The molecule has 1 N–H and O–H groups in total. The Kier molecular flexibility index (Phi) is 5.13. The number of nitrogens with zero attached hydrogens (tertiary/aromatic N) is 2. The van der Waals surface area contributed by atoms with Crippen LogP contribution in [-0.2, 0) is 6.54 Å². The van der Waals surface area contributed by atoms with Gasteiger partial charge in [0.25, 0.3) is 0 Å². The van der Waals surface area contributed by atoms with E-state index in [4.69, 9.17) is 0 Å². The molecular weight excluding hydrogens is 246 g/mol. The average Bonchev–Trinajstić information content (AvgIpc) is 2.48. The number of benzene rings is 1. The van der Waals surface area contributed by atoms with Crippen molar-refractivity contribution >= 4 is 11.4 Å². The molecule has 2 aromatic rings. The smallest absolute Gasteiger partial charge is 0.0562 e. The SMILES string of the molecule is CCCNCc1cc(N(C)c2ccc(C)cc2)ccn1. The molecule has 0 saturated heterocycles. The van der Waals surface area contributed by atoms with Gasteiger partial charge in [-0.1, -0.05) is 24.6 Å². The molecule has 0 aliphatic carbocycles. The van der Waals surface area contributed by atoms with Crippen LogP contribution in [0.1, 0.15) is 24.6 Å². The van der Waals surface area contributed by atoms with Crippen molar-refractivity contribution in [2.24, 2.45) is 0 Å². The summed E-state index contributed by atoms with van der Waals surface area (Å²) in [7, 11) is 2.09. The second-order valence-electron chi connectivity index (χ2n) is 5.08. The summed E-state index contributed by atoms with van der Waals surface area (Å²) in [5, 5.41) is 3.38. The second kappa shape index (κ2) is 7.06. The van der Waals surface area contributed by atoms with Crippen LogP contribution in [0.25, 0.3) is 0 Å². The highest BCUT2D eigenvalue weighted by Crippen LogP contribution is 2.23. The lowest BCUT2D eigenvalue weighted by Crippen LogP contribution is -2.16. The molecule has 3 heteroatoms. The maximum Gasteiger partial charge on any atom is 0.0562 e. The molecule has 0 radical (unpaired) electrons. The molecule has 0 atom stereocenters. The molecule has 0 saturated carbocycles. The fourth-order valence-corrected chi connectivity index (χ4v) is 2.08. The normalized spacial score (nSPS) is 10.6. The average molecular weight is 269 g/mol. The third-order valence-electron chi connectivity index (χ3n) is 3.34. The van der Waals surface area contributed by atoms with E-state index in [2.05, 4.69) is 66.4 Å². The minimum absolute atomic E-state index is 0.823. The van der Waals surface area contributed by atoms with Crippen molar-refractivity contribution in [3.8, 4) is 0 Å². The van der Waals surface area contributed by atoms with Gasteiger partial charge in [0, 0.05) is 31.2 Å². The van der Waals surface area contributed by atoms with Gasteiger partial charge in [0.2, 0.25) is 0 Å². The van der Waals surface area contributed by atoms with Crippen LogP contribution in [0.5, 0.6) is 0 Å². The van der Waals surface area contributed by atoms with E-state index in [0.717, 1.165) is 30.9 Å². The summed E-state index contributed by atoms with van der Waals surface area (Å²) in [6.45, 7) is 6.12. The molecule has 0 fully saturated rings. The molecule has 20 heavy (non-hydrogen) atoms. The first kappa shape index (κ1) is 14.5. The van der Waals surface area contributed by atoms with Crippen LogP contribution < -0.4 is 10.2 Å². The molecule has 0 unspecified atom stereocenters. The number of rotatable bonds is 6. The molecule has 1 aromatic heterocycles. The van der Waals surface area contributed by atoms with Gasteiger partial charge in [-0.15, -0.1) is 0 Å². The van der Waals surface area contributed by atoms with E-state index in [1.54, 1.807) is 0 Å². The van der Waals surface area contributed by atoms with Gasteiger partial charge in [0.05, 0.1) is 5.69 Å². The maximum absolute atomic E-state index is 4.41. The summed E-state index contributed by atoms with van der Waals surface area (Å²) < 4.78 is 0. The molecule has 3 nitrogen and oxygen atoms in total. The van der Waals surface area contributed by atoms with Crippen molar-refractivity contribution in [1.29, 1.82) is 0 Å². The number of hydrogen-bond donors (Lipinski definition) is 1. The third-order valence-corrected chi connectivity index (χ3v) is 3.34. The zero-order chi connectivity index (χ0) is 14.4. The first-order chi connectivity index (χ1) is 9.70. The first-order valence-corrected chi connectivity index (χ1v) is 7.16. The second-order valence-corrected chi connectivity index (χ2v) is 5.08. The Hall–Kier alpha value is -1.87. The molecule has 1 aromatic carbocycles. The third kappa shape index (κ3) is 3.81. The first-order valence-electron chi connectivity index (χ1n) is 7.16. The van der Waals surface area contributed by atoms with Crippen molar-refractivity contribution in [2.75, 3.05) is 18.5 Å². The van der Waals surface area contributed by atoms with E-state index in [9.17, 15) is 0 Å². The van der Waals surface area contributed by atoms with Crippen molar-refractivity contribution in [2.45, 2.75) is 26.8 Å². The van der Waals surface area contributed by atoms with Crippen LogP contribution in [0.15, 0.2) is 42.6 Å². The molecule has 0 aliphatic heterocycles. The monoisotopic (exact) mass is 269 g/mol. The highest BCUT2D eigenvalue weighted by molar-refractivity contribution is 5.62. The molecule has 0 spiro atoms. The summed E-state index contributed by atoms with van der Waals surface area (Å²) in [5.74, 6) is 0. The lowest BCUT2D eigenvalue weighted by molar-refractivity contribution is 0.664. The Labute approximate surface area is 121 Å². The fourth-order valence-electron chi connectivity index (χ4n) is 2.08. The predicted octanol–water partition coefficient (Wildman–Crippen LogP) is 3.66. The lowest BCUT2D eigenvalue weighted by Gasteiger charge is -2.20. The maximum atomic E-state index is 4.41. The van der Waals surface area contributed by atoms with Gasteiger partial charge in [0.15, 0.2) is 0 Å². The van der Waals surface area contributed by atoms with Crippen molar-refractivity contribution in [3.05, 3.63) is 53.9 Å². The van der Waals surface area contributed by atoms with Gasteiger partial charge in [0.1, 0.15) is 0 Å². The fraction of sp³-hybridized carbons (Fsp3) is 0.353. The van der Waals surface area contributed by atoms with Gasteiger partial charge in [-0.3, -0.25) is 4.98 Å². The van der Waals surface area contributed by atoms with Crippen LogP contribution in [0.3, 0.4) is 0 Å². The van der Waals surface area contributed by atoms with Crippen molar-refractivity contribution < 1.29 is 0 Å². The summed E-state index contributed by atoms with van der Waals surface area (Å²) in [6, 6.07) is 12.7. The van der Waals surface area contributed by atoms with Crippen LogP contribution >= 0.6 is 0 Å². The Bertz CT molecular complexity index is 534. The highest BCUT2D eigenvalue weighted by Gasteiger charge is 2.05. The Morgan fingerprint density at radius 1 is 1.10 bits per heavy atom. The molecule has 0 amide bonds. The number of aryl methyl sites for hydroxylation is 1. The standard InChI is InChI=1S/C17H23N3/c1-4-10-18-13-15-12-17(9-11-19-15)20(3)16-7-5-14(2)6-8-16/h5-9,11-12,18H,4,10,13H2,1-3H3. The van der Waals surface area contributed by atoms with Gasteiger partial charge in [-0.05, 0) is 44.2 Å². The Morgan fingerprint density at radius 3 is 2.55 bits per heavy atom. The van der Waals surface area contributed by atoms with E-state index in [1.165, 1.54) is 11.3 Å². The van der Waals surface area contributed by atoms with Crippen molar-refractivity contribution in [1.82, 2.24) is 10.3 Å². The zero-order valence-electron chi connectivity index (χ0n) is 12.6. The number of pyridine rings is 1.